The zero-order chi connectivity index (χ0) is 11.5. The van der Waals surface area contributed by atoms with Crippen molar-refractivity contribution in [3.63, 3.8) is 0 Å². The highest BCUT2D eigenvalue weighted by Crippen LogP contribution is 2.17. The van der Waals surface area contributed by atoms with Gasteiger partial charge in [-0.3, -0.25) is 0 Å². The maximum atomic E-state index is 8.70. The Morgan fingerprint density at radius 3 is 2.56 bits per heavy atom. The molecule has 0 saturated carbocycles. The number of nitriles is 1. The zero-order valence-corrected chi connectivity index (χ0v) is 9.47. The normalized spacial score (nSPS) is 19.1. The van der Waals surface area contributed by atoms with E-state index in [9.17, 15) is 0 Å². The van der Waals surface area contributed by atoms with Crippen molar-refractivity contribution >= 4 is 5.90 Å². The van der Waals surface area contributed by atoms with Crippen molar-refractivity contribution in [2.45, 2.75) is 19.9 Å². The molecule has 0 aromatic heterocycles. The summed E-state index contributed by atoms with van der Waals surface area (Å²) in [4.78, 5) is 4.52. The third kappa shape index (κ3) is 2.06. The van der Waals surface area contributed by atoms with E-state index in [1.54, 1.807) is 12.1 Å². The van der Waals surface area contributed by atoms with Gasteiger partial charge in [-0.2, -0.15) is 5.26 Å². The predicted molar refractivity (Wildman–Crippen MR) is 62.3 cm³/mol. The van der Waals surface area contributed by atoms with Crippen LogP contribution in [0.3, 0.4) is 0 Å². The van der Waals surface area contributed by atoms with Crippen LogP contribution in [0.5, 0.6) is 0 Å². The van der Waals surface area contributed by atoms with Crippen LogP contribution in [0.1, 0.15) is 25.0 Å². The van der Waals surface area contributed by atoms with E-state index in [1.165, 1.54) is 0 Å². The molecular formula is C13H14N2O. The van der Waals surface area contributed by atoms with Gasteiger partial charge in [0.15, 0.2) is 0 Å². The van der Waals surface area contributed by atoms with Gasteiger partial charge in [0.2, 0.25) is 5.90 Å². The monoisotopic (exact) mass is 214 g/mol. The van der Waals surface area contributed by atoms with E-state index < -0.39 is 0 Å². The van der Waals surface area contributed by atoms with E-state index in [0.29, 0.717) is 24.0 Å². The van der Waals surface area contributed by atoms with E-state index >= 15 is 0 Å². The van der Waals surface area contributed by atoms with Gasteiger partial charge in [-0.1, -0.05) is 13.8 Å². The third-order valence-corrected chi connectivity index (χ3v) is 2.70. The van der Waals surface area contributed by atoms with Crippen LogP contribution in [0.4, 0.5) is 0 Å². The number of hydrogen-bond acceptors (Lipinski definition) is 3. The SMILES string of the molecule is CC(C)[C@H]1COC(c2ccc(C#N)cc2)=N1. The molecule has 0 amide bonds. The van der Waals surface area contributed by atoms with Gasteiger partial charge in [0.1, 0.15) is 6.61 Å². The van der Waals surface area contributed by atoms with Gasteiger partial charge in [-0.05, 0) is 30.2 Å². The highest BCUT2D eigenvalue weighted by molar-refractivity contribution is 5.95. The second-order valence-electron chi connectivity index (χ2n) is 4.25. The molecule has 0 bridgehead atoms. The Bertz CT molecular complexity index is 440. The fourth-order valence-corrected chi connectivity index (χ4v) is 1.58. The standard InChI is InChI=1S/C13H14N2O/c1-9(2)12-8-16-13(15-12)11-5-3-10(7-14)4-6-11/h3-6,9,12H,8H2,1-2H3/t12-/m1/s1. The summed E-state index contributed by atoms with van der Waals surface area (Å²) in [6, 6.07) is 9.66. The van der Waals surface area contributed by atoms with Gasteiger partial charge in [-0.15, -0.1) is 0 Å². The minimum Gasteiger partial charge on any atom is -0.475 e. The highest BCUT2D eigenvalue weighted by atomic mass is 16.5. The lowest BCUT2D eigenvalue weighted by Crippen LogP contribution is -2.13. The molecule has 0 saturated heterocycles. The Kier molecular flexibility index (Phi) is 2.91. The molecule has 82 valence electrons. The summed E-state index contributed by atoms with van der Waals surface area (Å²) < 4.78 is 5.55. The Hall–Kier alpha value is -1.82. The van der Waals surface area contributed by atoms with Gasteiger partial charge < -0.3 is 4.74 Å². The first-order chi connectivity index (χ1) is 7.70. The Labute approximate surface area is 95.4 Å². The molecule has 1 heterocycles. The number of nitrogens with zero attached hydrogens (tertiary/aromatic N) is 2. The predicted octanol–water partition coefficient (Wildman–Crippen LogP) is 2.36. The topological polar surface area (TPSA) is 45.4 Å². The molecule has 0 fully saturated rings. The summed E-state index contributed by atoms with van der Waals surface area (Å²) in [7, 11) is 0. The molecule has 16 heavy (non-hydrogen) atoms. The molecule has 1 aromatic rings. The smallest absolute Gasteiger partial charge is 0.216 e. The van der Waals surface area contributed by atoms with Crippen LogP contribution in [0, 0.1) is 17.2 Å². The second kappa shape index (κ2) is 4.36. The minimum absolute atomic E-state index is 0.255. The first-order valence-corrected chi connectivity index (χ1v) is 5.42. The van der Waals surface area contributed by atoms with Crippen molar-refractivity contribution in [1.29, 1.82) is 5.26 Å². The largest absolute Gasteiger partial charge is 0.475 e. The lowest BCUT2D eigenvalue weighted by atomic mass is 10.1. The molecule has 1 aliphatic heterocycles. The zero-order valence-electron chi connectivity index (χ0n) is 9.47. The summed E-state index contributed by atoms with van der Waals surface area (Å²) in [5.41, 5.74) is 1.60. The van der Waals surface area contributed by atoms with Crippen molar-refractivity contribution < 1.29 is 4.74 Å². The van der Waals surface area contributed by atoms with E-state index in [2.05, 4.69) is 24.9 Å². The van der Waals surface area contributed by atoms with Gasteiger partial charge in [0, 0.05) is 5.56 Å². The molecule has 0 N–H and O–H groups in total. The van der Waals surface area contributed by atoms with Crippen LogP contribution in [0.2, 0.25) is 0 Å². The average Bonchev–Trinajstić information content (AvgIpc) is 2.78. The molecule has 0 aliphatic carbocycles. The van der Waals surface area contributed by atoms with Crippen molar-refractivity contribution in [3.05, 3.63) is 35.4 Å². The maximum Gasteiger partial charge on any atom is 0.216 e. The molecule has 1 atom stereocenters. The first-order valence-electron chi connectivity index (χ1n) is 5.42. The van der Waals surface area contributed by atoms with E-state index in [4.69, 9.17) is 10.00 Å². The summed E-state index contributed by atoms with van der Waals surface area (Å²) >= 11 is 0. The number of hydrogen-bond donors (Lipinski definition) is 0. The lowest BCUT2D eigenvalue weighted by molar-refractivity contribution is 0.292. The van der Waals surface area contributed by atoms with Crippen molar-refractivity contribution in [2.24, 2.45) is 10.9 Å². The van der Waals surface area contributed by atoms with Crippen LogP contribution in [-0.2, 0) is 4.74 Å². The molecular weight excluding hydrogens is 200 g/mol. The van der Waals surface area contributed by atoms with Gasteiger partial charge >= 0.3 is 0 Å². The summed E-state index contributed by atoms with van der Waals surface area (Å²) in [5.74, 6) is 1.19. The van der Waals surface area contributed by atoms with Gasteiger partial charge in [-0.25, -0.2) is 4.99 Å². The Morgan fingerprint density at radius 2 is 2.06 bits per heavy atom. The average molecular weight is 214 g/mol. The van der Waals surface area contributed by atoms with E-state index in [-0.39, 0.29) is 6.04 Å². The number of aliphatic imine (C=N–C) groups is 1. The molecule has 0 spiro atoms. The van der Waals surface area contributed by atoms with Crippen molar-refractivity contribution in [3.8, 4) is 6.07 Å². The molecule has 3 nitrogen and oxygen atoms in total. The summed E-state index contributed by atoms with van der Waals surface area (Å²) in [5, 5.41) is 8.70. The molecule has 1 aromatic carbocycles. The lowest BCUT2D eigenvalue weighted by Gasteiger charge is -2.06. The highest BCUT2D eigenvalue weighted by Gasteiger charge is 2.22. The third-order valence-electron chi connectivity index (χ3n) is 2.70. The van der Waals surface area contributed by atoms with Crippen LogP contribution >= 0.6 is 0 Å². The van der Waals surface area contributed by atoms with Gasteiger partial charge in [0.25, 0.3) is 0 Å². The van der Waals surface area contributed by atoms with Crippen molar-refractivity contribution in [1.82, 2.24) is 0 Å². The van der Waals surface area contributed by atoms with Crippen LogP contribution in [0.25, 0.3) is 0 Å². The second-order valence-corrected chi connectivity index (χ2v) is 4.25. The number of ether oxygens (including phenoxy) is 1. The fraction of sp³-hybridized carbons (Fsp3) is 0.385. The fourth-order valence-electron chi connectivity index (χ4n) is 1.58. The molecule has 1 aliphatic rings. The quantitative estimate of drug-likeness (QED) is 0.758. The number of benzene rings is 1. The molecule has 3 heteroatoms. The Balaban J connectivity index is 2.20. The molecule has 0 radical (unpaired) electrons. The van der Waals surface area contributed by atoms with Crippen LogP contribution < -0.4 is 0 Å². The summed E-state index contributed by atoms with van der Waals surface area (Å²) in [6.07, 6.45) is 0. The van der Waals surface area contributed by atoms with Crippen molar-refractivity contribution in [2.75, 3.05) is 6.61 Å². The first kappa shape index (κ1) is 10.7. The minimum atomic E-state index is 0.255. The maximum absolute atomic E-state index is 8.70. The molecule has 0 unspecified atom stereocenters. The Morgan fingerprint density at radius 1 is 1.38 bits per heavy atom. The van der Waals surface area contributed by atoms with Crippen LogP contribution in [0.15, 0.2) is 29.3 Å². The summed E-state index contributed by atoms with van der Waals surface area (Å²) in [6.45, 7) is 4.94. The number of rotatable bonds is 2. The van der Waals surface area contributed by atoms with Gasteiger partial charge in [0.05, 0.1) is 17.7 Å². The van der Waals surface area contributed by atoms with E-state index in [1.807, 2.05) is 12.1 Å². The van der Waals surface area contributed by atoms with E-state index in [0.717, 1.165) is 5.56 Å². The van der Waals surface area contributed by atoms with Crippen LogP contribution in [-0.4, -0.2) is 18.5 Å². The molecule has 2 rings (SSSR count).